The number of rotatable bonds is 6. The van der Waals surface area contributed by atoms with Crippen molar-refractivity contribution in [3.8, 4) is 0 Å². The van der Waals surface area contributed by atoms with Gasteiger partial charge < -0.3 is 15.0 Å². The van der Waals surface area contributed by atoms with Crippen LogP contribution in [0.3, 0.4) is 0 Å². The zero-order valence-corrected chi connectivity index (χ0v) is 11.4. The topological polar surface area (TPSA) is 42.8 Å². The van der Waals surface area contributed by atoms with Gasteiger partial charge in [-0.3, -0.25) is 4.79 Å². The zero-order valence-electron chi connectivity index (χ0n) is 10.6. The second-order valence-corrected chi connectivity index (χ2v) is 5.60. The maximum absolute atomic E-state index is 11.6. The Morgan fingerprint density at radius 3 is 3.00 bits per heavy atom. The summed E-state index contributed by atoms with van der Waals surface area (Å²) in [4.78, 5) is 14.4. The van der Waals surface area contributed by atoms with Crippen molar-refractivity contribution < 1.29 is 14.4 Å². The van der Waals surface area contributed by atoms with E-state index in [1.807, 2.05) is 17.5 Å². The first-order chi connectivity index (χ1) is 8.84. The number of morpholine rings is 1. The van der Waals surface area contributed by atoms with Crippen molar-refractivity contribution in [1.29, 1.82) is 0 Å². The molecule has 0 spiro atoms. The van der Waals surface area contributed by atoms with Gasteiger partial charge in [-0.05, 0) is 11.4 Å². The minimum absolute atomic E-state index is 0.134. The molecular weight excluding hydrogens is 248 g/mol. The third-order valence-corrected chi connectivity index (χ3v) is 4.02. The lowest BCUT2D eigenvalue weighted by atomic mass is 10.3. The van der Waals surface area contributed by atoms with Gasteiger partial charge in [0.1, 0.15) is 13.1 Å². The normalized spacial score (nSPS) is 16.7. The second kappa shape index (κ2) is 7.51. The lowest BCUT2D eigenvalue weighted by Crippen LogP contribution is -3.14. The van der Waals surface area contributed by atoms with E-state index in [0.29, 0.717) is 6.42 Å². The summed E-state index contributed by atoms with van der Waals surface area (Å²) in [6, 6.07) is 3.98. The van der Waals surface area contributed by atoms with Crippen molar-refractivity contribution in [1.82, 2.24) is 5.32 Å². The summed E-state index contributed by atoms with van der Waals surface area (Å²) >= 11 is 1.63. The highest BCUT2D eigenvalue weighted by atomic mass is 32.1. The van der Waals surface area contributed by atoms with Crippen LogP contribution in [0, 0.1) is 0 Å². The first-order valence-electron chi connectivity index (χ1n) is 6.55. The fraction of sp³-hybridized carbons (Fsp3) is 0.615. The highest BCUT2D eigenvalue weighted by Crippen LogP contribution is 2.08. The molecule has 0 aromatic carbocycles. The highest BCUT2D eigenvalue weighted by molar-refractivity contribution is 7.10. The predicted octanol–water partition coefficient (Wildman–Crippen LogP) is -0.288. The zero-order chi connectivity index (χ0) is 12.6. The van der Waals surface area contributed by atoms with E-state index in [1.165, 1.54) is 0 Å². The van der Waals surface area contributed by atoms with Crippen LogP contribution in [0.1, 0.15) is 11.3 Å². The molecule has 2 N–H and O–H groups in total. The summed E-state index contributed by atoms with van der Waals surface area (Å²) in [6.45, 7) is 5.86. The summed E-state index contributed by atoms with van der Waals surface area (Å²) in [6.07, 6.45) is 1.56. The van der Waals surface area contributed by atoms with Gasteiger partial charge >= 0.3 is 0 Å². The molecule has 2 rings (SSSR count). The maximum Gasteiger partial charge on any atom is 0.225 e. The number of amides is 1. The molecule has 18 heavy (non-hydrogen) atoms. The van der Waals surface area contributed by atoms with Gasteiger partial charge in [-0.2, -0.15) is 0 Å². The fourth-order valence-electron chi connectivity index (χ4n) is 2.11. The van der Waals surface area contributed by atoms with Gasteiger partial charge in [0, 0.05) is 17.8 Å². The summed E-state index contributed by atoms with van der Waals surface area (Å²) in [5.41, 5.74) is 0. The van der Waals surface area contributed by atoms with E-state index in [-0.39, 0.29) is 5.91 Å². The van der Waals surface area contributed by atoms with Crippen molar-refractivity contribution in [3.05, 3.63) is 22.4 Å². The molecule has 4 nitrogen and oxygen atoms in total. The minimum atomic E-state index is 0.134. The molecule has 1 aromatic heterocycles. The first-order valence-corrected chi connectivity index (χ1v) is 7.43. The number of quaternary nitrogens is 1. The molecule has 0 aliphatic carbocycles. The Kier molecular flexibility index (Phi) is 5.64. The van der Waals surface area contributed by atoms with Crippen LogP contribution < -0.4 is 10.2 Å². The van der Waals surface area contributed by atoms with Crippen LogP contribution in [0.2, 0.25) is 0 Å². The smallest absolute Gasteiger partial charge is 0.225 e. The lowest BCUT2D eigenvalue weighted by molar-refractivity contribution is -0.908. The Balaban J connectivity index is 1.53. The van der Waals surface area contributed by atoms with E-state index < -0.39 is 0 Å². The van der Waals surface area contributed by atoms with Crippen molar-refractivity contribution in [2.24, 2.45) is 0 Å². The van der Waals surface area contributed by atoms with Gasteiger partial charge in [0.15, 0.2) is 0 Å². The Hall–Kier alpha value is -0.910. The minimum Gasteiger partial charge on any atom is -0.370 e. The molecule has 2 heterocycles. The van der Waals surface area contributed by atoms with Crippen LogP contribution in [0.4, 0.5) is 0 Å². The molecule has 1 amide bonds. The number of ether oxygens (including phenoxy) is 1. The molecule has 0 unspecified atom stereocenters. The van der Waals surface area contributed by atoms with E-state index in [1.54, 1.807) is 16.2 Å². The SMILES string of the molecule is O=C(Cc1cccs1)NCCC[NH+]1CCOCC1. The van der Waals surface area contributed by atoms with Crippen molar-refractivity contribution >= 4 is 17.2 Å². The third-order valence-electron chi connectivity index (χ3n) is 3.14. The number of nitrogens with one attached hydrogen (secondary N) is 2. The average Bonchev–Trinajstić information content (AvgIpc) is 2.89. The molecule has 0 saturated carbocycles. The van der Waals surface area contributed by atoms with E-state index in [0.717, 1.165) is 50.7 Å². The van der Waals surface area contributed by atoms with Crippen molar-refractivity contribution in [3.63, 3.8) is 0 Å². The number of carbonyl (C=O) groups is 1. The Labute approximate surface area is 112 Å². The van der Waals surface area contributed by atoms with Gasteiger partial charge in [-0.1, -0.05) is 6.07 Å². The van der Waals surface area contributed by atoms with E-state index in [9.17, 15) is 4.79 Å². The fourth-order valence-corrected chi connectivity index (χ4v) is 2.81. The quantitative estimate of drug-likeness (QED) is 0.697. The molecule has 0 atom stereocenters. The van der Waals surface area contributed by atoms with Gasteiger partial charge in [0.2, 0.25) is 5.91 Å². The second-order valence-electron chi connectivity index (χ2n) is 4.57. The molecular formula is C13H21N2O2S+. The molecule has 100 valence electrons. The van der Waals surface area contributed by atoms with E-state index in [4.69, 9.17) is 4.74 Å². The molecule has 1 fully saturated rings. The molecule has 1 aromatic rings. The average molecular weight is 269 g/mol. The maximum atomic E-state index is 11.6. The highest BCUT2D eigenvalue weighted by Gasteiger charge is 2.12. The lowest BCUT2D eigenvalue weighted by Gasteiger charge is -2.23. The van der Waals surface area contributed by atoms with Crippen LogP contribution in [0.25, 0.3) is 0 Å². The molecule has 0 bridgehead atoms. The van der Waals surface area contributed by atoms with Crippen LogP contribution in [-0.4, -0.2) is 45.3 Å². The number of hydrogen-bond acceptors (Lipinski definition) is 3. The Bertz CT molecular complexity index is 348. The van der Waals surface area contributed by atoms with Gasteiger partial charge in [0.05, 0.1) is 26.2 Å². The molecule has 1 aliphatic rings. The predicted molar refractivity (Wildman–Crippen MR) is 72.0 cm³/mol. The van der Waals surface area contributed by atoms with Crippen LogP contribution in [-0.2, 0) is 16.0 Å². The van der Waals surface area contributed by atoms with Crippen molar-refractivity contribution in [2.45, 2.75) is 12.8 Å². The van der Waals surface area contributed by atoms with Gasteiger partial charge in [0.25, 0.3) is 0 Å². The molecule has 1 aliphatic heterocycles. The largest absolute Gasteiger partial charge is 0.370 e. The monoisotopic (exact) mass is 269 g/mol. The molecule has 1 saturated heterocycles. The summed E-state index contributed by atoms with van der Waals surface area (Å²) in [5.74, 6) is 0.134. The Morgan fingerprint density at radius 1 is 1.44 bits per heavy atom. The first kappa shape index (κ1) is 13.5. The van der Waals surface area contributed by atoms with Gasteiger partial charge in [-0.25, -0.2) is 0 Å². The summed E-state index contributed by atoms with van der Waals surface area (Å²) < 4.78 is 5.31. The Morgan fingerprint density at radius 2 is 2.28 bits per heavy atom. The third kappa shape index (κ3) is 4.76. The van der Waals surface area contributed by atoms with Crippen LogP contribution >= 0.6 is 11.3 Å². The van der Waals surface area contributed by atoms with Crippen molar-refractivity contribution in [2.75, 3.05) is 39.4 Å². The van der Waals surface area contributed by atoms with E-state index in [2.05, 4.69) is 5.32 Å². The number of thiophene rings is 1. The van der Waals surface area contributed by atoms with Gasteiger partial charge in [-0.15, -0.1) is 11.3 Å². The number of carbonyl (C=O) groups excluding carboxylic acids is 1. The summed E-state index contributed by atoms with van der Waals surface area (Å²) in [5, 5.41) is 4.99. The van der Waals surface area contributed by atoms with Crippen LogP contribution in [0.15, 0.2) is 17.5 Å². The molecule has 5 heteroatoms. The standard InChI is InChI=1S/C13H20N2O2S/c16-13(11-12-3-1-10-18-12)14-4-2-5-15-6-8-17-9-7-15/h1,3,10H,2,4-9,11H2,(H,14,16)/p+1. The van der Waals surface area contributed by atoms with Crippen LogP contribution in [0.5, 0.6) is 0 Å². The number of hydrogen-bond donors (Lipinski definition) is 2. The molecule has 0 radical (unpaired) electrons. The summed E-state index contributed by atoms with van der Waals surface area (Å²) in [7, 11) is 0. The van der Waals surface area contributed by atoms with E-state index >= 15 is 0 Å².